The van der Waals surface area contributed by atoms with Crippen LogP contribution in [-0.2, 0) is 17.9 Å². The summed E-state index contributed by atoms with van der Waals surface area (Å²) < 4.78 is 7.14. The number of amides is 2. The molecule has 34 heavy (non-hydrogen) atoms. The molecule has 7 nitrogen and oxygen atoms in total. The molecule has 2 amide bonds. The van der Waals surface area contributed by atoms with E-state index in [4.69, 9.17) is 4.42 Å². The Bertz CT molecular complexity index is 1200. The highest BCUT2D eigenvalue weighted by Crippen LogP contribution is 2.31. The van der Waals surface area contributed by atoms with E-state index >= 15 is 0 Å². The maximum absolute atomic E-state index is 13.7. The summed E-state index contributed by atoms with van der Waals surface area (Å²) in [5.74, 6) is 0.247. The Morgan fingerprint density at radius 2 is 2.03 bits per heavy atom. The summed E-state index contributed by atoms with van der Waals surface area (Å²) in [5, 5.41) is 7.66. The third-order valence-electron chi connectivity index (χ3n) is 6.90. The van der Waals surface area contributed by atoms with Gasteiger partial charge in [-0.3, -0.25) is 14.3 Å². The molecule has 0 radical (unpaired) electrons. The number of nitrogens with zero attached hydrogens (tertiary/aromatic N) is 3. The number of carbonyl (C=O) groups is 2. The van der Waals surface area contributed by atoms with Gasteiger partial charge in [0.05, 0.1) is 12.8 Å². The summed E-state index contributed by atoms with van der Waals surface area (Å²) >= 11 is 0. The first-order valence-corrected chi connectivity index (χ1v) is 12.0. The fourth-order valence-corrected chi connectivity index (χ4v) is 4.89. The number of nitrogens with one attached hydrogen (secondary N) is 1. The quantitative estimate of drug-likeness (QED) is 0.526. The van der Waals surface area contributed by atoms with Gasteiger partial charge < -0.3 is 14.6 Å². The van der Waals surface area contributed by atoms with Crippen molar-refractivity contribution in [3.63, 3.8) is 0 Å². The number of fused-ring (bicyclic) bond motifs is 1. The minimum absolute atomic E-state index is 0.176. The van der Waals surface area contributed by atoms with Gasteiger partial charge in [-0.25, -0.2) is 0 Å². The van der Waals surface area contributed by atoms with Gasteiger partial charge in [-0.15, -0.1) is 0 Å². The zero-order chi connectivity index (χ0) is 23.5. The van der Waals surface area contributed by atoms with Crippen molar-refractivity contribution in [2.75, 3.05) is 6.54 Å². The fourth-order valence-electron chi connectivity index (χ4n) is 4.89. The van der Waals surface area contributed by atoms with Gasteiger partial charge >= 0.3 is 0 Å². The zero-order valence-electron chi connectivity index (χ0n) is 19.5. The molecule has 0 spiro atoms. The average molecular weight is 459 g/mol. The normalized spacial score (nSPS) is 20.1. The van der Waals surface area contributed by atoms with E-state index in [2.05, 4.69) is 16.5 Å². The van der Waals surface area contributed by atoms with Crippen molar-refractivity contribution in [2.45, 2.75) is 57.7 Å². The van der Waals surface area contributed by atoms with Crippen LogP contribution < -0.4 is 5.32 Å². The van der Waals surface area contributed by atoms with Gasteiger partial charge in [0.1, 0.15) is 16.9 Å². The SMILES string of the molecule is CC1(C(=O)NCc2ccccc2)Cn2nc(-c3ccco3)cc2C(=O)N1CCC1=CCCCC1. The minimum atomic E-state index is -1.06. The number of carbonyl (C=O) groups excluding carboxylic acids is 2. The number of allylic oxidation sites excluding steroid dienone is 1. The number of hydrogen-bond acceptors (Lipinski definition) is 4. The Labute approximate surface area is 199 Å². The molecule has 1 atom stereocenters. The molecule has 0 fully saturated rings. The molecule has 0 bridgehead atoms. The van der Waals surface area contributed by atoms with Crippen LogP contribution in [0.2, 0.25) is 0 Å². The predicted octanol–water partition coefficient (Wildman–Crippen LogP) is 4.56. The number of rotatable bonds is 7. The van der Waals surface area contributed by atoms with Crippen molar-refractivity contribution in [1.29, 1.82) is 0 Å². The van der Waals surface area contributed by atoms with E-state index in [1.807, 2.05) is 43.3 Å². The number of furan rings is 1. The molecular formula is C27H30N4O3. The van der Waals surface area contributed by atoms with Crippen molar-refractivity contribution in [2.24, 2.45) is 0 Å². The molecule has 0 saturated heterocycles. The van der Waals surface area contributed by atoms with E-state index < -0.39 is 5.54 Å². The van der Waals surface area contributed by atoms with Gasteiger partial charge in [-0.2, -0.15) is 5.10 Å². The second-order valence-corrected chi connectivity index (χ2v) is 9.31. The van der Waals surface area contributed by atoms with Crippen molar-refractivity contribution in [1.82, 2.24) is 20.0 Å². The van der Waals surface area contributed by atoms with E-state index in [0.717, 1.165) is 24.8 Å². The van der Waals surface area contributed by atoms with Gasteiger partial charge in [0.25, 0.3) is 5.91 Å². The first-order valence-electron chi connectivity index (χ1n) is 12.0. The van der Waals surface area contributed by atoms with Crippen molar-refractivity contribution >= 4 is 11.8 Å². The van der Waals surface area contributed by atoms with Crippen LogP contribution in [0.1, 0.15) is 55.1 Å². The zero-order valence-corrected chi connectivity index (χ0v) is 19.5. The Morgan fingerprint density at radius 1 is 1.18 bits per heavy atom. The maximum Gasteiger partial charge on any atom is 0.273 e. The van der Waals surface area contributed by atoms with Gasteiger partial charge in [0.15, 0.2) is 5.76 Å². The molecule has 2 aliphatic rings. The molecule has 176 valence electrons. The monoisotopic (exact) mass is 458 g/mol. The minimum Gasteiger partial charge on any atom is -0.463 e. The van der Waals surface area contributed by atoms with Crippen molar-refractivity contribution in [3.05, 3.63) is 77.7 Å². The third-order valence-corrected chi connectivity index (χ3v) is 6.90. The van der Waals surface area contributed by atoms with Crippen LogP contribution in [0, 0.1) is 0 Å². The van der Waals surface area contributed by atoms with Gasteiger partial charge in [0, 0.05) is 19.2 Å². The highest BCUT2D eigenvalue weighted by molar-refractivity contribution is 6.00. The number of hydrogen-bond donors (Lipinski definition) is 1. The molecular weight excluding hydrogens is 428 g/mol. The first-order chi connectivity index (χ1) is 16.5. The van der Waals surface area contributed by atoms with Crippen LogP contribution in [0.5, 0.6) is 0 Å². The van der Waals surface area contributed by atoms with Crippen LogP contribution in [0.25, 0.3) is 11.5 Å². The molecule has 1 aliphatic heterocycles. The molecule has 1 aromatic carbocycles. The summed E-state index contributed by atoms with van der Waals surface area (Å²) in [5.41, 5.74) is 2.41. The summed E-state index contributed by atoms with van der Waals surface area (Å²) in [7, 11) is 0. The number of benzene rings is 1. The lowest BCUT2D eigenvalue weighted by atomic mass is 9.92. The highest BCUT2D eigenvalue weighted by Gasteiger charge is 2.47. The summed E-state index contributed by atoms with van der Waals surface area (Å²) in [6, 6.07) is 15.2. The van der Waals surface area contributed by atoms with E-state index in [0.29, 0.717) is 30.2 Å². The Morgan fingerprint density at radius 3 is 2.76 bits per heavy atom. The fraction of sp³-hybridized carbons (Fsp3) is 0.370. The van der Waals surface area contributed by atoms with Crippen LogP contribution >= 0.6 is 0 Å². The van der Waals surface area contributed by atoms with Crippen molar-refractivity contribution in [3.8, 4) is 11.5 Å². The standard InChI is InChI=1S/C27H30N4O3/c1-27(26(33)28-18-21-11-6-3-7-12-21)19-31-23(17-22(29-31)24-13-8-16-34-24)25(32)30(27)15-14-20-9-4-2-5-10-20/h3,6-9,11-13,16-17H,2,4-5,10,14-15,18-19H2,1H3,(H,28,33). The Balaban J connectivity index is 1.43. The van der Waals surface area contributed by atoms with Crippen molar-refractivity contribution < 1.29 is 14.0 Å². The maximum atomic E-state index is 13.7. The largest absolute Gasteiger partial charge is 0.463 e. The van der Waals surface area contributed by atoms with E-state index in [-0.39, 0.29) is 18.4 Å². The third kappa shape index (κ3) is 4.30. The predicted molar refractivity (Wildman–Crippen MR) is 129 cm³/mol. The molecule has 2 aromatic heterocycles. The molecule has 7 heteroatoms. The van der Waals surface area contributed by atoms with Crippen LogP contribution in [-0.4, -0.2) is 38.6 Å². The molecule has 1 aliphatic carbocycles. The highest BCUT2D eigenvalue weighted by atomic mass is 16.3. The Kier molecular flexibility index (Phi) is 6.09. The van der Waals surface area contributed by atoms with E-state index in [1.54, 1.807) is 28.0 Å². The van der Waals surface area contributed by atoms with Gasteiger partial charge in [-0.1, -0.05) is 42.0 Å². The second kappa shape index (κ2) is 9.33. The lowest BCUT2D eigenvalue weighted by Crippen LogP contribution is -2.64. The lowest BCUT2D eigenvalue weighted by molar-refractivity contribution is -0.133. The number of aromatic nitrogens is 2. The Hall–Kier alpha value is -3.61. The lowest BCUT2D eigenvalue weighted by Gasteiger charge is -2.43. The summed E-state index contributed by atoms with van der Waals surface area (Å²) in [4.78, 5) is 29.0. The molecule has 1 N–H and O–H groups in total. The smallest absolute Gasteiger partial charge is 0.273 e. The molecule has 1 unspecified atom stereocenters. The summed E-state index contributed by atoms with van der Waals surface area (Å²) in [6.07, 6.45) is 9.24. The van der Waals surface area contributed by atoms with E-state index in [1.165, 1.54) is 18.4 Å². The van der Waals surface area contributed by atoms with Crippen LogP contribution in [0.3, 0.4) is 0 Å². The molecule has 3 aromatic rings. The average Bonchev–Trinajstić information content (AvgIpc) is 3.54. The summed E-state index contributed by atoms with van der Waals surface area (Å²) in [6.45, 7) is 3.04. The van der Waals surface area contributed by atoms with Gasteiger partial charge in [-0.05, 0) is 56.7 Å². The molecule has 5 rings (SSSR count). The molecule has 3 heterocycles. The second-order valence-electron chi connectivity index (χ2n) is 9.31. The van der Waals surface area contributed by atoms with Gasteiger partial charge in [0.2, 0.25) is 5.91 Å². The first kappa shape index (κ1) is 22.2. The van der Waals surface area contributed by atoms with E-state index in [9.17, 15) is 9.59 Å². The topological polar surface area (TPSA) is 80.4 Å². The molecule has 0 saturated carbocycles. The van der Waals surface area contributed by atoms with Crippen LogP contribution in [0.15, 0.2) is 70.9 Å². The van der Waals surface area contributed by atoms with Crippen LogP contribution in [0.4, 0.5) is 0 Å².